The topological polar surface area (TPSA) is 30.7 Å². The predicted molar refractivity (Wildman–Crippen MR) is 120 cm³/mol. The summed E-state index contributed by atoms with van der Waals surface area (Å²) >= 11 is 10.8. The number of rotatable bonds is 5. The smallest absolute Gasteiger partial charge is 0.270 e. The molecule has 0 saturated heterocycles. The third-order valence-corrected chi connectivity index (χ3v) is 6.57. The Kier molecular flexibility index (Phi) is 6.60. The third-order valence-electron chi connectivity index (χ3n) is 4.55. The quantitative estimate of drug-likeness (QED) is 0.190. The summed E-state index contributed by atoms with van der Waals surface area (Å²) < 4.78 is 55.7. The van der Waals surface area contributed by atoms with E-state index in [1.165, 1.54) is 30.0 Å². The molecule has 0 bridgehead atoms. The average molecular weight is 543 g/mol. The first-order chi connectivity index (χ1) is 15.2. The van der Waals surface area contributed by atoms with Gasteiger partial charge in [0.2, 0.25) is 0 Å². The lowest BCUT2D eigenvalue weighted by Gasteiger charge is -2.14. The van der Waals surface area contributed by atoms with Crippen molar-refractivity contribution in [3.8, 4) is 17.1 Å². The molecule has 4 rings (SSSR count). The molecule has 0 spiro atoms. The fourth-order valence-corrected chi connectivity index (χ4v) is 4.75. The van der Waals surface area contributed by atoms with Crippen LogP contribution in [0.3, 0.4) is 0 Å². The molecule has 164 valence electrons. The molecule has 0 fully saturated rings. The normalized spacial score (nSPS) is 11.7. The Morgan fingerprint density at radius 3 is 2.47 bits per heavy atom. The maximum atomic E-state index is 13.3. The molecule has 3 nitrogen and oxygen atoms in total. The van der Waals surface area contributed by atoms with Crippen LogP contribution < -0.4 is 0 Å². The van der Waals surface area contributed by atoms with Crippen LogP contribution in [0.25, 0.3) is 17.1 Å². The molecule has 0 atom stereocenters. The third kappa shape index (κ3) is 4.84. The van der Waals surface area contributed by atoms with Crippen LogP contribution in [-0.2, 0) is 11.9 Å². The highest BCUT2D eigenvalue weighted by Gasteiger charge is 2.31. The van der Waals surface area contributed by atoms with E-state index in [9.17, 15) is 17.6 Å². The highest BCUT2D eigenvalue weighted by Crippen LogP contribution is 2.36. The van der Waals surface area contributed by atoms with Gasteiger partial charge in [0.05, 0.1) is 11.3 Å². The summed E-state index contributed by atoms with van der Waals surface area (Å²) in [5, 5.41) is 9.10. The van der Waals surface area contributed by atoms with E-state index in [2.05, 4.69) is 26.1 Å². The van der Waals surface area contributed by atoms with Gasteiger partial charge in [-0.15, -0.1) is 10.2 Å². The first-order valence-electron chi connectivity index (χ1n) is 9.19. The number of hydrogen-bond donors (Lipinski definition) is 0. The Balaban J connectivity index is 1.80. The minimum atomic E-state index is -4.49. The van der Waals surface area contributed by atoms with Crippen molar-refractivity contribution >= 4 is 39.3 Å². The molecule has 10 heteroatoms. The molecule has 0 aliphatic carbocycles. The van der Waals surface area contributed by atoms with Gasteiger partial charge in [-0.25, -0.2) is 4.39 Å². The molecule has 0 N–H and O–H groups in total. The number of thioether (sulfide) groups is 1. The van der Waals surface area contributed by atoms with Gasteiger partial charge in [0.1, 0.15) is 5.82 Å². The van der Waals surface area contributed by atoms with Crippen LogP contribution in [0.2, 0.25) is 5.02 Å². The second-order valence-electron chi connectivity index (χ2n) is 6.69. The van der Waals surface area contributed by atoms with Crippen molar-refractivity contribution in [2.45, 2.75) is 17.1 Å². The summed E-state index contributed by atoms with van der Waals surface area (Å²) in [6, 6.07) is 16.3. The molecule has 0 aliphatic rings. The Hall–Kier alpha value is -2.36. The monoisotopic (exact) mass is 541 g/mol. The van der Waals surface area contributed by atoms with E-state index in [-0.39, 0.29) is 10.7 Å². The number of halogens is 6. The van der Waals surface area contributed by atoms with Crippen LogP contribution in [0.4, 0.5) is 17.6 Å². The molecule has 4 aromatic rings. The number of benzene rings is 3. The molecule has 0 radical (unpaired) electrons. The minimum absolute atomic E-state index is 0.258. The molecule has 32 heavy (non-hydrogen) atoms. The summed E-state index contributed by atoms with van der Waals surface area (Å²) in [5.41, 5.74) is 0.825. The van der Waals surface area contributed by atoms with E-state index in [0.717, 1.165) is 16.6 Å². The highest BCUT2D eigenvalue weighted by molar-refractivity contribution is 9.10. The predicted octanol–water partition coefficient (Wildman–Crippen LogP) is 7.80. The van der Waals surface area contributed by atoms with Crippen LogP contribution >= 0.6 is 39.3 Å². The van der Waals surface area contributed by atoms with Gasteiger partial charge in [-0.2, -0.15) is 13.2 Å². The van der Waals surface area contributed by atoms with Gasteiger partial charge in [-0.3, -0.25) is 4.57 Å². The Bertz CT molecular complexity index is 1280. The van der Waals surface area contributed by atoms with E-state index in [1.54, 1.807) is 28.8 Å². The minimum Gasteiger partial charge on any atom is -0.270 e. The summed E-state index contributed by atoms with van der Waals surface area (Å²) in [6.45, 7) is 0. The molecule has 1 aromatic heterocycles. The highest BCUT2D eigenvalue weighted by atomic mass is 79.9. The van der Waals surface area contributed by atoms with E-state index in [4.69, 9.17) is 11.6 Å². The summed E-state index contributed by atoms with van der Waals surface area (Å²) in [4.78, 5) is 0. The lowest BCUT2D eigenvalue weighted by Crippen LogP contribution is -2.07. The van der Waals surface area contributed by atoms with E-state index < -0.39 is 17.6 Å². The van der Waals surface area contributed by atoms with Crippen molar-refractivity contribution in [2.24, 2.45) is 0 Å². The SMILES string of the molecule is Fc1ccc(CSc2nnc(-c3ccccc3Br)n2-c2cccc(C(F)(F)F)c2)c(Cl)c1. The molecule has 0 unspecified atom stereocenters. The summed E-state index contributed by atoms with van der Waals surface area (Å²) in [5.74, 6) is 0.253. The fraction of sp³-hybridized carbons (Fsp3) is 0.0909. The largest absolute Gasteiger partial charge is 0.416 e. The molecule has 1 heterocycles. The van der Waals surface area contributed by atoms with Gasteiger partial charge >= 0.3 is 6.18 Å². The number of hydrogen-bond acceptors (Lipinski definition) is 3. The molecule has 0 amide bonds. The second kappa shape index (κ2) is 9.25. The summed E-state index contributed by atoms with van der Waals surface area (Å²) in [7, 11) is 0. The first-order valence-corrected chi connectivity index (χ1v) is 11.3. The van der Waals surface area contributed by atoms with Crippen LogP contribution in [0.5, 0.6) is 0 Å². The molecular formula is C22H13BrClF4N3S. The van der Waals surface area contributed by atoms with Gasteiger partial charge < -0.3 is 0 Å². The Morgan fingerprint density at radius 2 is 1.75 bits per heavy atom. The number of nitrogens with zero attached hydrogens (tertiary/aromatic N) is 3. The van der Waals surface area contributed by atoms with Crippen LogP contribution in [0.1, 0.15) is 11.1 Å². The number of alkyl halides is 3. The average Bonchev–Trinajstić information content (AvgIpc) is 3.16. The fourth-order valence-electron chi connectivity index (χ4n) is 3.02. The number of aromatic nitrogens is 3. The molecule has 3 aromatic carbocycles. The van der Waals surface area contributed by atoms with Crippen LogP contribution in [0, 0.1) is 5.82 Å². The molecule has 0 aliphatic heterocycles. The standard InChI is InChI=1S/C22H13BrClF4N3S/c23-18-7-2-1-6-17(18)20-29-30-21(32-12-13-8-9-15(25)11-19(13)24)31(20)16-5-3-4-14(10-16)22(26,27)28/h1-11H,12H2. The maximum Gasteiger partial charge on any atom is 0.416 e. The zero-order chi connectivity index (χ0) is 22.9. The Labute approximate surface area is 198 Å². The van der Waals surface area contributed by atoms with Crippen molar-refractivity contribution in [3.05, 3.63) is 93.2 Å². The van der Waals surface area contributed by atoms with E-state index in [0.29, 0.717) is 27.9 Å². The van der Waals surface area contributed by atoms with E-state index >= 15 is 0 Å². The summed E-state index contributed by atoms with van der Waals surface area (Å²) in [6.07, 6.45) is -4.49. The van der Waals surface area contributed by atoms with Gasteiger partial charge in [0.15, 0.2) is 11.0 Å². The molecule has 0 saturated carbocycles. The lowest BCUT2D eigenvalue weighted by atomic mass is 10.1. The zero-order valence-corrected chi connectivity index (χ0v) is 19.2. The van der Waals surface area contributed by atoms with Crippen molar-refractivity contribution in [2.75, 3.05) is 0 Å². The van der Waals surface area contributed by atoms with Crippen molar-refractivity contribution in [3.63, 3.8) is 0 Å². The van der Waals surface area contributed by atoms with Gasteiger partial charge in [-0.1, -0.05) is 69.6 Å². The lowest BCUT2D eigenvalue weighted by molar-refractivity contribution is -0.137. The molecular weight excluding hydrogens is 530 g/mol. The van der Waals surface area contributed by atoms with Crippen LogP contribution in [0.15, 0.2) is 76.4 Å². The maximum absolute atomic E-state index is 13.3. The second-order valence-corrected chi connectivity index (χ2v) is 8.90. The van der Waals surface area contributed by atoms with Crippen LogP contribution in [-0.4, -0.2) is 14.8 Å². The first kappa shape index (κ1) is 22.8. The van der Waals surface area contributed by atoms with Gasteiger partial charge in [0, 0.05) is 20.8 Å². The van der Waals surface area contributed by atoms with Crippen molar-refractivity contribution in [1.29, 1.82) is 0 Å². The van der Waals surface area contributed by atoms with E-state index in [1.807, 2.05) is 12.1 Å². The van der Waals surface area contributed by atoms with Gasteiger partial charge in [0.25, 0.3) is 0 Å². The van der Waals surface area contributed by atoms with Crippen molar-refractivity contribution in [1.82, 2.24) is 14.8 Å². The Morgan fingerprint density at radius 1 is 0.969 bits per heavy atom. The van der Waals surface area contributed by atoms with Gasteiger partial charge in [-0.05, 0) is 42.0 Å². The zero-order valence-electron chi connectivity index (χ0n) is 16.1. The van der Waals surface area contributed by atoms with Crippen molar-refractivity contribution < 1.29 is 17.6 Å².